The average Bonchev–Trinajstić information content (AvgIpc) is 2.50. The van der Waals surface area contributed by atoms with Crippen LogP contribution in [0.2, 0.25) is 0 Å². The maximum atomic E-state index is 11.0. The first-order valence-electron chi connectivity index (χ1n) is 6.32. The minimum absolute atomic E-state index is 0.337. The lowest BCUT2D eigenvalue weighted by molar-refractivity contribution is -0.733. The van der Waals surface area contributed by atoms with Crippen LogP contribution in [0.15, 0.2) is 53.9 Å². The van der Waals surface area contributed by atoms with E-state index >= 15 is 0 Å². The van der Waals surface area contributed by atoms with Crippen molar-refractivity contribution in [3.63, 3.8) is 0 Å². The molecule has 2 rings (SSSR count). The zero-order valence-corrected chi connectivity index (χ0v) is 11.3. The Labute approximate surface area is 122 Å². The number of hydrogen-bond donors (Lipinski definition) is 2. The molecule has 0 unspecified atom stereocenters. The van der Waals surface area contributed by atoms with Gasteiger partial charge in [0.05, 0.1) is 18.4 Å². The molecule has 3 N–H and O–H groups in total. The highest BCUT2D eigenvalue weighted by Crippen LogP contribution is 2.07. The molecule has 0 saturated carbocycles. The third-order valence-electron chi connectivity index (χ3n) is 2.93. The van der Waals surface area contributed by atoms with E-state index in [-0.39, 0.29) is 0 Å². The molecular weight excluding hydrogens is 270 g/mol. The molecule has 1 amide bonds. The van der Waals surface area contributed by atoms with Crippen molar-refractivity contribution in [2.24, 2.45) is 10.9 Å². The maximum Gasteiger partial charge on any atom is 0.252 e. The number of amides is 1. The van der Waals surface area contributed by atoms with Gasteiger partial charge >= 0.3 is 0 Å². The number of oxime groups is 1. The van der Waals surface area contributed by atoms with Gasteiger partial charge in [0.1, 0.15) is 0 Å². The summed E-state index contributed by atoms with van der Waals surface area (Å²) in [5, 5.41) is 11.6. The highest BCUT2D eigenvalue weighted by atomic mass is 16.5. The van der Waals surface area contributed by atoms with Gasteiger partial charge in [0.15, 0.2) is 12.4 Å². The molecule has 1 aromatic carbocycles. The Morgan fingerprint density at radius 2 is 2.00 bits per heavy atom. The second-order valence-electron chi connectivity index (χ2n) is 4.39. The van der Waals surface area contributed by atoms with E-state index in [0.29, 0.717) is 18.9 Å². The van der Waals surface area contributed by atoms with Gasteiger partial charge in [0.25, 0.3) is 6.73 Å². The number of carbonyl (C=O) groups excluding carboxylic acids is 1. The molecule has 108 valence electrons. The molecule has 21 heavy (non-hydrogen) atoms. The molecule has 2 aromatic rings. The molecule has 0 spiro atoms. The highest BCUT2D eigenvalue weighted by molar-refractivity contribution is 5.92. The summed E-state index contributed by atoms with van der Waals surface area (Å²) in [7, 11) is 0. The molecule has 6 heteroatoms. The van der Waals surface area contributed by atoms with Crippen LogP contribution < -0.4 is 10.3 Å². The quantitative estimate of drug-likeness (QED) is 0.360. The molecule has 0 aliphatic heterocycles. The van der Waals surface area contributed by atoms with Gasteiger partial charge < -0.3 is 15.7 Å². The first kappa shape index (κ1) is 14.7. The second-order valence-corrected chi connectivity index (χ2v) is 4.39. The SMILES string of the molecule is NC(=O)c1cc[n+](COCc2ccccc2/C=N/O)cc1. The molecule has 0 aliphatic rings. The Morgan fingerprint density at radius 1 is 1.29 bits per heavy atom. The number of rotatable bonds is 6. The van der Waals surface area contributed by atoms with Gasteiger partial charge in [0.2, 0.25) is 5.91 Å². The molecule has 0 radical (unpaired) electrons. The molecule has 0 atom stereocenters. The van der Waals surface area contributed by atoms with Crippen LogP contribution in [-0.2, 0) is 18.1 Å². The summed E-state index contributed by atoms with van der Waals surface area (Å²) in [5.74, 6) is -0.458. The monoisotopic (exact) mass is 286 g/mol. The predicted octanol–water partition coefficient (Wildman–Crippen LogP) is 1.06. The number of primary amides is 1. The van der Waals surface area contributed by atoms with Crippen LogP contribution >= 0.6 is 0 Å². The largest absolute Gasteiger partial charge is 0.411 e. The number of hydrogen-bond acceptors (Lipinski definition) is 4. The number of aromatic nitrogens is 1. The summed E-state index contributed by atoms with van der Waals surface area (Å²) < 4.78 is 7.38. The fourth-order valence-corrected chi connectivity index (χ4v) is 1.82. The Balaban J connectivity index is 1.94. The fourth-order valence-electron chi connectivity index (χ4n) is 1.82. The van der Waals surface area contributed by atoms with Crippen LogP contribution in [-0.4, -0.2) is 17.3 Å². The normalized spacial score (nSPS) is 10.9. The van der Waals surface area contributed by atoms with Crippen LogP contribution in [0.25, 0.3) is 0 Å². The molecular formula is C15H16N3O3+. The van der Waals surface area contributed by atoms with E-state index in [9.17, 15) is 4.79 Å². The van der Waals surface area contributed by atoms with Crippen LogP contribution in [0.4, 0.5) is 0 Å². The van der Waals surface area contributed by atoms with E-state index in [1.807, 2.05) is 24.3 Å². The van der Waals surface area contributed by atoms with Gasteiger partial charge in [-0.15, -0.1) is 0 Å². The predicted molar refractivity (Wildman–Crippen MR) is 75.8 cm³/mol. The van der Waals surface area contributed by atoms with E-state index in [2.05, 4.69) is 5.16 Å². The van der Waals surface area contributed by atoms with Crippen molar-refractivity contribution in [3.8, 4) is 0 Å². The van der Waals surface area contributed by atoms with Crippen molar-refractivity contribution < 1.29 is 19.3 Å². The van der Waals surface area contributed by atoms with Crippen molar-refractivity contribution in [2.75, 3.05) is 0 Å². The van der Waals surface area contributed by atoms with Crippen LogP contribution in [0.3, 0.4) is 0 Å². The van der Waals surface area contributed by atoms with Crippen molar-refractivity contribution in [3.05, 3.63) is 65.5 Å². The molecule has 1 aromatic heterocycles. The van der Waals surface area contributed by atoms with E-state index in [1.165, 1.54) is 6.21 Å². The van der Waals surface area contributed by atoms with Crippen molar-refractivity contribution in [1.29, 1.82) is 0 Å². The van der Waals surface area contributed by atoms with Crippen LogP contribution in [0.1, 0.15) is 21.5 Å². The first-order chi connectivity index (χ1) is 10.2. The number of carbonyl (C=O) groups is 1. The van der Waals surface area contributed by atoms with Gasteiger partial charge in [-0.1, -0.05) is 29.4 Å². The standard InChI is InChI=1S/C15H15N3O3/c16-15(19)12-5-7-18(8-6-12)11-21-10-14-4-2-1-3-13(14)9-17-20/h1-9H,10-11H2,(H2-,16,19,20)/p+1/b17-9+. The summed E-state index contributed by atoms with van der Waals surface area (Å²) in [6.45, 7) is 0.719. The average molecular weight is 286 g/mol. The number of benzene rings is 1. The lowest BCUT2D eigenvalue weighted by atomic mass is 10.1. The van der Waals surface area contributed by atoms with E-state index in [1.54, 1.807) is 29.1 Å². The molecule has 6 nitrogen and oxygen atoms in total. The van der Waals surface area contributed by atoms with Gasteiger partial charge in [-0.3, -0.25) is 4.79 Å². The van der Waals surface area contributed by atoms with E-state index in [0.717, 1.165) is 11.1 Å². The minimum Gasteiger partial charge on any atom is -0.411 e. The third kappa shape index (κ3) is 4.12. The Morgan fingerprint density at radius 3 is 2.67 bits per heavy atom. The lowest BCUT2D eigenvalue weighted by Crippen LogP contribution is -2.34. The van der Waals surface area contributed by atoms with Crippen molar-refractivity contribution >= 4 is 12.1 Å². The molecule has 0 fully saturated rings. The van der Waals surface area contributed by atoms with Gasteiger partial charge in [-0.2, -0.15) is 4.57 Å². The maximum absolute atomic E-state index is 11.0. The van der Waals surface area contributed by atoms with Gasteiger partial charge in [0, 0.05) is 17.7 Å². The van der Waals surface area contributed by atoms with E-state index < -0.39 is 5.91 Å². The summed E-state index contributed by atoms with van der Waals surface area (Å²) in [6.07, 6.45) is 4.82. The highest BCUT2D eigenvalue weighted by Gasteiger charge is 2.05. The van der Waals surface area contributed by atoms with E-state index in [4.69, 9.17) is 15.7 Å². The van der Waals surface area contributed by atoms with Gasteiger partial charge in [-0.05, 0) is 5.56 Å². The molecule has 0 bridgehead atoms. The third-order valence-corrected chi connectivity index (χ3v) is 2.93. The summed E-state index contributed by atoms with van der Waals surface area (Å²) in [6, 6.07) is 10.8. The van der Waals surface area contributed by atoms with Crippen molar-refractivity contribution in [1.82, 2.24) is 0 Å². The number of nitrogens with zero attached hydrogens (tertiary/aromatic N) is 2. The van der Waals surface area contributed by atoms with Crippen LogP contribution in [0, 0.1) is 0 Å². The second kappa shape index (κ2) is 7.16. The van der Waals surface area contributed by atoms with Crippen LogP contribution in [0.5, 0.6) is 0 Å². The topological polar surface area (TPSA) is 88.8 Å². The minimum atomic E-state index is -0.458. The summed E-state index contributed by atoms with van der Waals surface area (Å²) in [5.41, 5.74) is 7.35. The summed E-state index contributed by atoms with van der Waals surface area (Å²) in [4.78, 5) is 11.0. The first-order valence-corrected chi connectivity index (χ1v) is 6.32. The fraction of sp³-hybridized carbons (Fsp3) is 0.133. The number of ether oxygens (including phenoxy) is 1. The summed E-state index contributed by atoms with van der Waals surface area (Å²) >= 11 is 0. The zero-order chi connectivity index (χ0) is 15.1. The van der Waals surface area contributed by atoms with Crippen molar-refractivity contribution in [2.45, 2.75) is 13.3 Å². The molecule has 0 aliphatic carbocycles. The number of pyridine rings is 1. The Hall–Kier alpha value is -2.73. The zero-order valence-electron chi connectivity index (χ0n) is 11.3. The smallest absolute Gasteiger partial charge is 0.252 e. The Kier molecular flexibility index (Phi) is 5.00. The molecule has 0 saturated heterocycles. The lowest BCUT2D eigenvalue weighted by Gasteiger charge is -2.05. The van der Waals surface area contributed by atoms with Gasteiger partial charge in [-0.25, -0.2) is 0 Å². The Bertz CT molecular complexity index is 639. The number of nitrogens with two attached hydrogens (primary N) is 1. The molecule has 1 heterocycles.